The fraction of sp³-hybridized carbons (Fsp3) is 0.400. The summed E-state index contributed by atoms with van der Waals surface area (Å²) in [4.78, 5) is 0. The Labute approximate surface area is 455 Å². The molecule has 0 radical (unpaired) electrons. The fourth-order valence-corrected chi connectivity index (χ4v) is 13.6. The van der Waals surface area contributed by atoms with Crippen molar-refractivity contribution in [3.05, 3.63) is 158 Å². The third-order valence-corrected chi connectivity index (χ3v) is 17.6. The van der Waals surface area contributed by atoms with Crippen molar-refractivity contribution in [3.63, 3.8) is 0 Å². The number of halogens is 2. The maximum atomic E-state index is 2.47. The Balaban J connectivity index is 0.000000461. The van der Waals surface area contributed by atoms with Crippen molar-refractivity contribution in [3.8, 4) is 0 Å². The number of fused-ring (bicyclic) bond motifs is 4. The molecule has 66 heavy (non-hydrogen) atoms. The zero-order chi connectivity index (χ0) is 43.5. The molecule has 0 aliphatic rings. The maximum Gasteiger partial charge on any atom is 2.00 e. The first kappa shape index (κ1) is 62.5. The van der Waals surface area contributed by atoms with Crippen LogP contribution in [0.15, 0.2) is 158 Å². The van der Waals surface area contributed by atoms with E-state index in [1.807, 2.05) is 0 Å². The van der Waals surface area contributed by atoms with Crippen LogP contribution in [-0.2, 0) is 52.4 Å². The van der Waals surface area contributed by atoms with Crippen LogP contribution in [0.3, 0.4) is 0 Å². The van der Waals surface area contributed by atoms with Gasteiger partial charge in [0.15, 0.2) is 0 Å². The Morgan fingerprint density at radius 1 is 0.333 bits per heavy atom. The molecular weight excluding hydrogens is 1040 g/mol. The largest absolute Gasteiger partial charge is 2.00 e. The van der Waals surface area contributed by atoms with E-state index in [0.29, 0.717) is 0 Å². The average Bonchev–Trinajstić information content (AvgIpc) is 4.15. The summed E-state index contributed by atoms with van der Waals surface area (Å²) in [5.41, 5.74) is 0. The van der Waals surface area contributed by atoms with E-state index in [0.717, 1.165) is 0 Å². The minimum Gasteiger partial charge on any atom is -1.00 e. The zero-order valence-corrected chi connectivity index (χ0v) is 49.0. The smallest absolute Gasteiger partial charge is 1.00 e. The van der Waals surface area contributed by atoms with Crippen molar-refractivity contribution < 1.29 is 77.2 Å². The van der Waals surface area contributed by atoms with Crippen LogP contribution in [0.2, 0.25) is 0 Å². The van der Waals surface area contributed by atoms with E-state index in [2.05, 4.69) is 185 Å². The maximum absolute atomic E-state index is 2.47. The summed E-state index contributed by atoms with van der Waals surface area (Å²) < 4.78 is 0. The van der Waals surface area contributed by atoms with Gasteiger partial charge in [-0.15, -0.1) is 140 Å². The second-order valence-corrected chi connectivity index (χ2v) is 22.2. The normalized spacial score (nSPS) is 10.5. The Kier molecular flexibility index (Phi) is 36.3. The second-order valence-electron chi connectivity index (χ2n) is 17.2. The molecule has 352 valence electrons. The number of hydrogen-bond donors (Lipinski definition) is 0. The molecule has 0 aliphatic heterocycles. The van der Waals surface area contributed by atoms with E-state index in [1.165, 1.54) is 170 Å². The van der Waals surface area contributed by atoms with Crippen LogP contribution in [0.1, 0.15) is 130 Å². The van der Waals surface area contributed by atoms with E-state index in [4.69, 9.17) is 0 Å². The molecule has 0 N–H and O–H groups in total. The van der Waals surface area contributed by atoms with Gasteiger partial charge in [-0.25, -0.2) is 0 Å². The number of unbranched alkanes of at least 4 members (excludes halogenated alkanes) is 12. The minimum absolute atomic E-state index is 0. The molecule has 0 spiro atoms. The van der Waals surface area contributed by atoms with E-state index >= 15 is 0 Å². The van der Waals surface area contributed by atoms with Gasteiger partial charge in [-0.2, -0.15) is 47.2 Å². The summed E-state index contributed by atoms with van der Waals surface area (Å²) in [6, 6.07) is 56.9. The van der Waals surface area contributed by atoms with E-state index in [9.17, 15) is 0 Å². The van der Waals surface area contributed by atoms with Gasteiger partial charge in [-0.05, 0) is 50.3 Å². The van der Waals surface area contributed by atoms with Crippen molar-refractivity contribution in [2.45, 2.75) is 130 Å². The van der Waals surface area contributed by atoms with Crippen LogP contribution < -0.4 is 35.4 Å². The molecule has 0 aromatic heterocycles. The monoisotopic (exact) mass is 1110 g/mol. The van der Waals surface area contributed by atoms with Crippen LogP contribution in [0.4, 0.5) is 0 Å². The van der Waals surface area contributed by atoms with Crippen LogP contribution in [0.5, 0.6) is 0 Å². The molecular formula is C60H78Cl2P2Zr2-2. The molecule has 0 nitrogen and oxygen atoms in total. The predicted molar refractivity (Wildman–Crippen MR) is 287 cm³/mol. The zero-order valence-electron chi connectivity index (χ0n) is 40.8. The first-order valence-electron chi connectivity index (χ1n) is 24.6. The molecule has 8 aromatic rings. The van der Waals surface area contributed by atoms with Gasteiger partial charge < -0.3 is 24.8 Å². The summed E-state index contributed by atoms with van der Waals surface area (Å²) in [7, 11) is 0.128. The molecule has 8 rings (SSSR count). The average molecular weight is 1110 g/mol. The van der Waals surface area contributed by atoms with Gasteiger partial charge >= 0.3 is 52.4 Å². The Bertz CT molecular complexity index is 2020. The van der Waals surface area contributed by atoms with Crippen molar-refractivity contribution in [2.75, 3.05) is 24.6 Å². The molecule has 0 aliphatic carbocycles. The summed E-state index contributed by atoms with van der Waals surface area (Å²) in [5.74, 6) is 0. The van der Waals surface area contributed by atoms with Gasteiger partial charge in [0.2, 0.25) is 0 Å². The third kappa shape index (κ3) is 22.5. The molecule has 6 heteroatoms. The third-order valence-electron chi connectivity index (χ3n) is 12.2. The number of hydrogen-bond acceptors (Lipinski definition) is 0. The molecule has 0 saturated heterocycles. The van der Waals surface area contributed by atoms with E-state index in [1.54, 1.807) is 10.6 Å². The summed E-state index contributed by atoms with van der Waals surface area (Å²) in [5, 5.41) is 14.4. The first-order chi connectivity index (χ1) is 30.6. The van der Waals surface area contributed by atoms with Crippen LogP contribution in [-0.4, -0.2) is 24.6 Å². The molecule has 0 unspecified atom stereocenters. The Hall–Kier alpha value is -1.47. The van der Waals surface area contributed by atoms with Crippen LogP contribution >= 0.6 is 15.8 Å². The first-order valence-corrected chi connectivity index (χ1v) is 28.1. The molecule has 0 bridgehead atoms. The topological polar surface area (TPSA) is 0 Å². The quantitative estimate of drug-likeness (QED) is 0.0360. The van der Waals surface area contributed by atoms with Crippen molar-refractivity contribution >= 4 is 69.5 Å². The summed E-state index contributed by atoms with van der Waals surface area (Å²) in [6.07, 6.45) is 28.1. The number of benzene rings is 4. The van der Waals surface area contributed by atoms with Gasteiger partial charge in [0.25, 0.3) is 0 Å². The van der Waals surface area contributed by atoms with Crippen LogP contribution in [0.25, 0.3) is 43.1 Å². The van der Waals surface area contributed by atoms with Crippen molar-refractivity contribution in [1.82, 2.24) is 0 Å². The van der Waals surface area contributed by atoms with Gasteiger partial charge in [0.1, 0.15) is 0 Å². The van der Waals surface area contributed by atoms with Gasteiger partial charge in [0.05, 0.1) is 0 Å². The standard InChI is InChI=1S/2C21H32P.2C9H7.2ClH.2Zr/c2*1-3-5-7-11-15-22(16-12-8-6-4-2)21-17-19-13-9-10-14-20(19)18-21;2*1-2-5-9-7-3-6-8(9)4-1;;;;/h2*9-10,13-14,17-18H,3-8,11-12,15-16H2,1-2H3;2*1-7H;2*1H;;/q4*-1;;;2*+2/p-2. The molecule has 0 saturated carbocycles. The molecule has 0 heterocycles. The molecule has 0 atom stereocenters. The van der Waals surface area contributed by atoms with Crippen LogP contribution in [0, 0.1) is 0 Å². The molecule has 8 aromatic carbocycles. The van der Waals surface area contributed by atoms with Gasteiger partial charge in [-0.3, -0.25) is 0 Å². The summed E-state index contributed by atoms with van der Waals surface area (Å²) in [6.45, 7) is 9.21. The Morgan fingerprint density at radius 3 is 0.909 bits per heavy atom. The molecule has 0 amide bonds. The summed E-state index contributed by atoms with van der Waals surface area (Å²) >= 11 is 0. The van der Waals surface area contributed by atoms with Gasteiger partial charge in [0, 0.05) is 0 Å². The van der Waals surface area contributed by atoms with E-state index < -0.39 is 0 Å². The fourth-order valence-electron chi connectivity index (χ4n) is 8.43. The predicted octanol–water partition coefficient (Wildman–Crippen LogP) is 12.8. The van der Waals surface area contributed by atoms with Crippen molar-refractivity contribution in [2.24, 2.45) is 0 Å². The number of rotatable bonds is 22. The molecule has 0 fully saturated rings. The SMILES string of the molecule is CCCCCCP(CCCCCC)c1cc2ccccc2[cH-]1.CCCCCCP(CCCCCC)c1cc2ccccc2[cH-]1.[Cl-].[Cl-].[Zr+2].[Zr+2].c1ccc2[cH-]ccc2c1.c1ccc2[cH-]ccc2c1. The van der Waals surface area contributed by atoms with E-state index in [-0.39, 0.29) is 93.1 Å². The van der Waals surface area contributed by atoms with Gasteiger partial charge in [-0.1, -0.05) is 145 Å². The Morgan fingerprint density at radius 2 is 0.621 bits per heavy atom. The second kappa shape index (κ2) is 38.3. The van der Waals surface area contributed by atoms with Crippen molar-refractivity contribution in [1.29, 1.82) is 0 Å². The minimum atomic E-state index is 0.